The Balaban J connectivity index is 2.15. The number of thioether (sulfide) groups is 1. The van der Waals surface area contributed by atoms with Gasteiger partial charge in [0.25, 0.3) is 5.91 Å². The van der Waals surface area contributed by atoms with E-state index in [1.165, 1.54) is 16.2 Å². The lowest BCUT2D eigenvalue weighted by Gasteiger charge is -2.04. The lowest BCUT2D eigenvalue weighted by atomic mass is 10.3. The van der Waals surface area contributed by atoms with Gasteiger partial charge in [-0.1, -0.05) is 13.0 Å². The number of hydrogen-bond donors (Lipinski definition) is 3. The molecule has 21 heavy (non-hydrogen) atoms. The molecule has 0 radical (unpaired) electrons. The van der Waals surface area contributed by atoms with Crippen LogP contribution in [0.4, 0.5) is 10.7 Å². The summed E-state index contributed by atoms with van der Waals surface area (Å²) in [6.45, 7) is 3.45. The lowest BCUT2D eigenvalue weighted by Crippen LogP contribution is -2.23. The van der Waals surface area contributed by atoms with Gasteiger partial charge >= 0.3 is 0 Å². The van der Waals surface area contributed by atoms with Crippen LogP contribution in [0.15, 0.2) is 22.4 Å². The molecular formula is C14H19N3OS3. The van der Waals surface area contributed by atoms with Gasteiger partial charge in [0.15, 0.2) is 0 Å². The second kappa shape index (κ2) is 7.72. The maximum atomic E-state index is 12.1. The molecule has 0 saturated carbocycles. The van der Waals surface area contributed by atoms with E-state index < -0.39 is 0 Å². The van der Waals surface area contributed by atoms with Crippen molar-refractivity contribution in [3.8, 4) is 0 Å². The molecule has 2 aromatic heterocycles. The summed E-state index contributed by atoms with van der Waals surface area (Å²) in [5.41, 5.74) is 6.71. The lowest BCUT2D eigenvalue weighted by molar-refractivity contribution is 0.0958. The maximum absolute atomic E-state index is 12.1. The normalized spacial score (nSPS) is 10.6. The van der Waals surface area contributed by atoms with Crippen molar-refractivity contribution < 1.29 is 4.79 Å². The van der Waals surface area contributed by atoms with Crippen LogP contribution in [0.25, 0.3) is 0 Å². The second-order valence-electron chi connectivity index (χ2n) is 4.40. The van der Waals surface area contributed by atoms with Crippen molar-refractivity contribution in [3.63, 3.8) is 0 Å². The smallest absolute Gasteiger partial charge is 0.263 e. The topological polar surface area (TPSA) is 67.2 Å². The standard InChI is InChI=1S/C14H19N3OS3/c1-3-6-16-13(18)11-10(15)12(19-2)14(21-11)17-8-9-5-4-7-20-9/h4-5,7,17H,3,6,8,15H2,1-2H3,(H,16,18). The Morgan fingerprint density at radius 2 is 2.29 bits per heavy atom. The number of hydrogen-bond acceptors (Lipinski definition) is 6. The summed E-state index contributed by atoms with van der Waals surface area (Å²) in [5.74, 6) is -0.0844. The average Bonchev–Trinajstić information content (AvgIpc) is 3.10. The highest BCUT2D eigenvalue weighted by molar-refractivity contribution is 7.99. The van der Waals surface area contributed by atoms with E-state index in [9.17, 15) is 4.79 Å². The number of nitrogens with two attached hydrogens (primary N) is 1. The number of amides is 1. The summed E-state index contributed by atoms with van der Waals surface area (Å²) in [7, 11) is 0. The van der Waals surface area contributed by atoms with Gasteiger partial charge in [0.1, 0.15) is 9.88 Å². The Bertz CT molecular complexity index is 593. The molecule has 7 heteroatoms. The third kappa shape index (κ3) is 3.93. The van der Waals surface area contributed by atoms with Crippen LogP contribution in [0.2, 0.25) is 0 Å². The molecule has 2 rings (SSSR count). The predicted molar refractivity (Wildman–Crippen MR) is 94.8 cm³/mol. The van der Waals surface area contributed by atoms with Crippen LogP contribution >= 0.6 is 34.4 Å². The fourth-order valence-corrected chi connectivity index (χ4v) is 4.41. The van der Waals surface area contributed by atoms with Crippen molar-refractivity contribution >= 4 is 51.0 Å². The van der Waals surface area contributed by atoms with Gasteiger partial charge in [-0.25, -0.2) is 0 Å². The molecule has 0 aliphatic rings. The molecule has 0 bridgehead atoms. The van der Waals surface area contributed by atoms with Gasteiger partial charge in [0.2, 0.25) is 0 Å². The van der Waals surface area contributed by atoms with Gasteiger partial charge < -0.3 is 16.4 Å². The first-order valence-electron chi connectivity index (χ1n) is 6.68. The molecule has 4 nitrogen and oxygen atoms in total. The van der Waals surface area contributed by atoms with Crippen LogP contribution in [-0.4, -0.2) is 18.7 Å². The number of rotatable bonds is 7. The van der Waals surface area contributed by atoms with Crippen molar-refractivity contribution in [2.45, 2.75) is 24.8 Å². The largest absolute Gasteiger partial charge is 0.396 e. The summed E-state index contributed by atoms with van der Waals surface area (Å²) >= 11 is 4.70. The fraction of sp³-hybridized carbons (Fsp3) is 0.357. The Morgan fingerprint density at radius 3 is 2.90 bits per heavy atom. The van der Waals surface area contributed by atoms with E-state index in [2.05, 4.69) is 22.1 Å². The van der Waals surface area contributed by atoms with Gasteiger partial charge in [0.05, 0.1) is 17.1 Å². The molecule has 0 aromatic carbocycles. The molecular weight excluding hydrogens is 322 g/mol. The van der Waals surface area contributed by atoms with Crippen molar-refractivity contribution in [3.05, 3.63) is 27.3 Å². The predicted octanol–water partition coefficient (Wildman–Crippen LogP) is 3.87. The SMILES string of the molecule is CCCNC(=O)c1sc(NCc2cccs2)c(SC)c1N. The third-order valence-electron chi connectivity index (χ3n) is 2.85. The quantitative estimate of drug-likeness (QED) is 0.669. The minimum absolute atomic E-state index is 0.0844. The second-order valence-corrected chi connectivity index (χ2v) is 7.27. The van der Waals surface area contributed by atoms with E-state index in [-0.39, 0.29) is 5.91 Å². The summed E-state index contributed by atoms with van der Waals surface area (Å²) in [4.78, 5) is 14.9. The summed E-state index contributed by atoms with van der Waals surface area (Å²) in [6.07, 6.45) is 2.89. The molecule has 4 N–H and O–H groups in total. The number of nitrogens with one attached hydrogen (secondary N) is 2. The van der Waals surface area contributed by atoms with Gasteiger partial charge in [-0.15, -0.1) is 34.4 Å². The molecule has 0 atom stereocenters. The van der Waals surface area contributed by atoms with Gasteiger partial charge in [-0.05, 0) is 24.1 Å². The number of carbonyl (C=O) groups excluding carboxylic acids is 1. The number of carbonyl (C=O) groups is 1. The fourth-order valence-electron chi connectivity index (χ4n) is 1.82. The highest BCUT2D eigenvalue weighted by Gasteiger charge is 2.20. The molecule has 0 unspecified atom stereocenters. The monoisotopic (exact) mass is 341 g/mol. The van der Waals surface area contributed by atoms with Crippen LogP contribution in [0, 0.1) is 0 Å². The maximum Gasteiger partial charge on any atom is 0.263 e. The number of anilines is 2. The van der Waals surface area contributed by atoms with E-state index in [0.29, 0.717) is 17.1 Å². The zero-order chi connectivity index (χ0) is 15.2. The molecule has 114 valence electrons. The molecule has 0 fully saturated rings. The van der Waals surface area contributed by atoms with E-state index in [4.69, 9.17) is 5.73 Å². The average molecular weight is 342 g/mol. The molecule has 0 aliphatic heterocycles. The van der Waals surface area contributed by atoms with E-state index in [0.717, 1.165) is 22.9 Å². The van der Waals surface area contributed by atoms with Crippen molar-refractivity contribution in [1.82, 2.24) is 5.32 Å². The molecule has 1 amide bonds. The number of nitrogen functional groups attached to an aromatic ring is 1. The zero-order valence-corrected chi connectivity index (χ0v) is 14.5. The minimum Gasteiger partial charge on any atom is -0.396 e. The highest BCUT2D eigenvalue weighted by atomic mass is 32.2. The van der Waals surface area contributed by atoms with Gasteiger partial charge in [-0.2, -0.15) is 0 Å². The minimum atomic E-state index is -0.0844. The molecule has 0 saturated heterocycles. The van der Waals surface area contributed by atoms with Crippen LogP contribution in [0.1, 0.15) is 27.9 Å². The Kier molecular flexibility index (Phi) is 5.96. The third-order valence-corrected chi connectivity index (χ3v) is 5.85. The molecule has 2 aromatic rings. The van der Waals surface area contributed by atoms with Crippen molar-refractivity contribution in [1.29, 1.82) is 0 Å². The van der Waals surface area contributed by atoms with Crippen molar-refractivity contribution in [2.24, 2.45) is 0 Å². The van der Waals surface area contributed by atoms with E-state index >= 15 is 0 Å². The Hall–Kier alpha value is -1.18. The molecule has 0 aliphatic carbocycles. The van der Waals surface area contributed by atoms with Crippen LogP contribution < -0.4 is 16.4 Å². The molecule has 0 spiro atoms. The first-order chi connectivity index (χ1) is 10.2. The van der Waals surface area contributed by atoms with E-state index in [1.54, 1.807) is 23.1 Å². The highest BCUT2D eigenvalue weighted by Crippen LogP contribution is 2.41. The first-order valence-corrected chi connectivity index (χ1v) is 9.60. The van der Waals surface area contributed by atoms with Crippen LogP contribution in [0.5, 0.6) is 0 Å². The Labute approximate surface area is 137 Å². The van der Waals surface area contributed by atoms with Crippen LogP contribution in [0.3, 0.4) is 0 Å². The first kappa shape index (κ1) is 16.2. The van der Waals surface area contributed by atoms with Gasteiger partial charge in [-0.3, -0.25) is 4.79 Å². The zero-order valence-electron chi connectivity index (χ0n) is 12.1. The van der Waals surface area contributed by atoms with Crippen molar-refractivity contribution in [2.75, 3.05) is 23.9 Å². The van der Waals surface area contributed by atoms with E-state index in [1.807, 2.05) is 19.2 Å². The summed E-state index contributed by atoms with van der Waals surface area (Å²) in [6, 6.07) is 4.12. The van der Waals surface area contributed by atoms with Gasteiger partial charge in [0, 0.05) is 11.4 Å². The molecule has 2 heterocycles. The summed E-state index contributed by atoms with van der Waals surface area (Å²) < 4.78 is 0. The Morgan fingerprint density at radius 1 is 1.48 bits per heavy atom. The van der Waals surface area contributed by atoms with Crippen LogP contribution in [-0.2, 0) is 6.54 Å². The number of thiophene rings is 2. The summed E-state index contributed by atoms with van der Waals surface area (Å²) in [5, 5.41) is 9.29.